The number of amides is 1. The Balaban J connectivity index is 1.46. The molecule has 31 heavy (non-hydrogen) atoms. The second kappa shape index (κ2) is 10.1. The van der Waals surface area contributed by atoms with E-state index in [0.29, 0.717) is 37.9 Å². The third kappa shape index (κ3) is 5.45. The molecule has 1 amide bonds. The molecule has 0 N–H and O–H groups in total. The fourth-order valence-corrected chi connectivity index (χ4v) is 3.44. The van der Waals surface area contributed by atoms with Crippen LogP contribution in [0.4, 0.5) is 4.39 Å². The highest BCUT2D eigenvalue weighted by molar-refractivity contribution is 5.78. The number of aromatic nitrogens is 1. The first-order valence-electron chi connectivity index (χ1n) is 10.1. The molecule has 160 valence electrons. The Hall–Kier alpha value is -3.29. The van der Waals surface area contributed by atoms with Crippen LogP contribution in [0.15, 0.2) is 73.1 Å². The van der Waals surface area contributed by atoms with Crippen LogP contribution in [-0.4, -0.2) is 42.2 Å². The van der Waals surface area contributed by atoms with Crippen LogP contribution in [0.5, 0.6) is 11.5 Å². The summed E-state index contributed by atoms with van der Waals surface area (Å²) in [5.74, 6) is 0.584. The zero-order valence-electron chi connectivity index (χ0n) is 16.9. The highest BCUT2D eigenvalue weighted by Gasteiger charge is 2.32. The fourth-order valence-electron chi connectivity index (χ4n) is 3.44. The van der Waals surface area contributed by atoms with Crippen LogP contribution in [0.3, 0.4) is 0 Å². The number of carbonyl (C=O) groups excluding carboxylic acids is 1. The first-order valence-corrected chi connectivity index (χ1v) is 10.1. The molecule has 1 aliphatic rings. The largest absolute Gasteiger partial charge is 0.457 e. The van der Waals surface area contributed by atoms with Crippen molar-refractivity contribution >= 4 is 5.91 Å². The molecule has 1 saturated heterocycles. The van der Waals surface area contributed by atoms with E-state index in [1.807, 2.05) is 30.3 Å². The fraction of sp³-hybridized carbons (Fsp3) is 0.250. The SMILES string of the molecule is O=C1COCC(c2cnccc2Oc2ccc(F)cc2)N1CCOCc1ccccc1. The minimum absolute atomic E-state index is 0.0313. The number of hydrogen-bond acceptors (Lipinski definition) is 5. The lowest BCUT2D eigenvalue weighted by molar-refractivity contribution is -0.149. The van der Waals surface area contributed by atoms with Gasteiger partial charge in [0.2, 0.25) is 5.91 Å². The van der Waals surface area contributed by atoms with Crippen molar-refractivity contribution in [1.29, 1.82) is 0 Å². The van der Waals surface area contributed by atoms with E-state index in [4.69, 9.17) is 14.2 Å². The van der Waals surface area contributed by atoms with Crippen molar-refractivity contribution in [2.45, 2.75) is 12.6 Å². The summed E-state index contributed by atoms with van der Waals surface area (Å²) in [6.45, 7) is 1.66. The van der Waals surface area contributed by atoms with Crippen molar-refractivity contribution in [2.75, 3.05) is 26.4 Å². The summed E-state index contributed by atoms with van der Waals surface area (Å²) >= 11 is 0. The predicted molar refractivity (Wildman–Crippen MR) is 112 cm³/mol. The average Bonchev–Trinajstić information content (AvgIpc) is 2.80. The number of morpholine rings is 1. The number of hydrogen-bond donors (Lipinski definition) is 0. The smallest absolute Gasteiger partial charge is 0.249 e. The number of benzene rings is 2. The third-order valence-electron chi connectivity index (χ3n) is 5.00. The van der Waals surface area contributed by atoms with E-state index in [2.05, 4.69) is 4.98 Å². The standard InChI is InChI=1S/C24H23FN2O4/c25-19-6-8-20(9-7-19)31-23-10-11-26-14-21(23)22-16-30-17-24(28)27(22)12-13-29-15-18-4-2-1-3-5-18/h1-11,14,22H,12-13,15-17H2. The lowest BCUT2D eigenvalue weighted by Crippen LogP contribution is -2.45. The molecule has 0 saturated carbocycles. The summed E-state index contributed by atoms with van der Waals surface area (Å²) in [4.78, 5) is 18.5. The second-order valence-electron chi connectivity index (χ2n) is 7.13. The van der Waals surface area contributed by atoms with Crippen LogP contribution >= 0.6 is 0 Å². The van der Waals surface area contributed by atoms with E-state index in [1.54, 1.807) is 35.5 Å². The third-order valence-corrected chi connectivity index (χ3v) is 5.00. The monoisotopic (exact) mass is 422 g/mol. The van der Waals surface area contributed by atoms with Crippen molar-refractivity contribution in [2.24, 2.45) is 0 Å². The molecule has 7 heteroatoms. The number of ether oxygens (including phenoxy) is 3. The Kier molecular flexibility index (Phi) is 6.86. The molecule has 3 aromatic rings. The predicted octanol–water partition coefficient (Wildman–Crippen LogP) is 4.13. The summed E-state index contributed by atoms with van der Waals surface area (Å²) in [6, 6.07) is 17.0. The van der Waals surface area contributed by atoms with Gasteiger partial charge in [0.05, 0.1) is 25.9 Å². The Morgan fingerprint density at radius 2 is 1.90 bits per heavy atom. The van der Waals surface area contributed by atoms with E-state index in [1.165, 1.54) is 12.1 Å². The van der Waals surface area contributed by atoms with Gasteiger partial charge in [0.15, 0.2) is 0 Å². The van der Waals surface area contributed by atoms with Crippen molar-refractivity contribution in [3.63, 3.8) is 0 Å². The molecule has 2 aromatic carbocycles. The molecular weight excluding hydrogens is 399 g/mol. The zero-order chi connectivity index (χ0) is 21.5. The number of halogens is 1. The molecule has 1 aromatic heterocycles. The van der Waals surface area contributed by atoms with Gasteiger partial charge in [-0.1, -0.05) is 30.3 Å². The van der Waals surface area contributed by atoms with Crippen LogP contribution in [-0.2, 0) is 20.9 Å². The highest BCUT2D eigenvalue weighted by atomic mass is 19.1. The molecule has 0 aliphatic carbocycles. The molecular formula is C24H23FN2O4. The van der Waals surface area contributed by atoms with Gasteiger partial charge in [-0.25, -0.2) is 4.39 Å². The van der Waals surface area contributed by atoms with Crippen LogP contribution < -0.4 is 4.74 Å². The molecule has 6 nitrogen and oxygen atoms in total. The van der Waals surface area contributed by atoms with Gasteiger partial charge in [-0.3, -0.25) is 9.78 Å². The number of nitrogens with zero attached hydrogens (tertiary/aromatic N) is 2. The van der Waals surface area contributed by atoms with Gasteiger partial charge in [-0.2, -0.15) is 0 Å². The van der Waals surface area contributed by atoms with Crippen LogP contribution in [0, 0.1) is 5.82 Å². The molecule has 0 radical (unpaired) electrons. The molecule has 1 atom stereocenters. The van der Waals surface area contributed by atoms with Gasteiger partial charge in [-0.05, 0) is 35.9 Å². The van der Waals surface area contributed by atoms with E-state index >= 15 is 0 Å². The van der Waals surface area contributed by atoms with E-state index in [0.717, 1.165) is 11.1 Å². The van der Waals surface area contributed by atoms with Gasteiger partial charge in [0.25, 0.3) is 0 Å². The van der Waals surface area contributed by atoms with Gasteiger partial charge in [-0.15, -0.1) is 0 Å². The maximum absolute atomic E-state index is 13.2. The molecule has 1 unspecified atom stereocenters. The quantitative estimate of drug-likeness (QED) is 0.511. The topological polar surface area (TPSA) is 60.9 Å². The lowest BCUT2D eigenvalue weighted by atomic mass is 10.1. The van der Waals surface area contributed by atoms with Gasteiger partial charge in [0.1, 0.15) is 23.9 Å². The summed E-state index contributed by atoms with van der Waals surface area (Å²) < 4.78 is 30.4. The van der Waals surface area contributed by atoms with Crippen LogP contribution in [0.1, 0.15) is 17.2 Å². The molecule has 2 heterocycles. The average molecular weight is 422 g/mol. The summed E-state index contributed by atoms with van der Waals surface area (Å²) in [6.07, 6.45) is 3.28. The van der Waals surface area contributed by atoms with Gasteiger partial charge < -0.3 is 19.1 Å². The van der Waals surface area contributed by atoms with Gasteiger partial charge in [0, 0.05) is 24.5 Å². The first kappa shape index (κ1) is 21.0. The Morgan fingerprint density at radius 1 is 1.10 bits per heavy atom. The highest BCUT2D eigenvalue weighted by Crippen LogP contribution is 2.33. The Morgan fingerprint density at radius 3 is 2.71 bits per heavy atom. The minimum Gasteiger partial charge on any atom is -0.457 e. The molecule has 0 spiro atoms. The number of carbonyl (C=O) groups is 1. The normalized spacial score (nSPS) is 16.4. The maximum Gasteiger partial charge on any atom is 0.249 e. The second-order valence-corrected chi connectivity index (χ2v) is 7.13. The maximum atomic E-state index is 13.2. The van der Waals surface area contributed by atoms with Crippen LogP contribution in [0.25, 0.3) is 0 Å². The number of rotatable bonds is 8. The van der Waals surface area contributed by atoms with Crippen molar-refractivity contribution < 1.29 is 23.4 Å². The van der Waals surface area contributed by atoms with E-state index < -0.39 is 0 Å². The lowest BCUT2D eigenvalue weighted by Gasteiger charge is -2.36. The number of pyridine rings is 1. The molecule has 1 fully saturated rings. The molecule has 1 aliphatic heterocycles. The van der Waals surface area contributed by atoms with E-state index in [-0.39, 0.29) is 24.4 Å². The molecule has 4 rings (SSSR count). The Labute approximate surface area is 180 Å². The first-order chi connectivity index (χ1) is 15.2. The minimum atomic E-state index is -0.356. The van der Waals surface area contributed by atoms with Gasteiger partial charge >= 0.3 is 0 Å². The van der Waals surface area contributed by atoms with E-state index in [9.17, 15) is 9.18 Å². The summed E-state index contributed by atoms with van der Waals surface area (Å²) in [7, 11) is 0. The van der Waals surface area contributed by atoms with Crippen molar-refractivity contribution in [1.82, 2.24) is 9.88 Å². The summed E-state index contributed by atoms with van der Waals surface area (Å²) in [5.41, 5.74) is 1.80. The molecule has 0 bridgehead atoms. The van der Waals surface area contributed by atoms with Crippen molar-refractivity contribution in [3.05, 3.63) is 90.0 Å². The van der Waals surface area contributed by atoms with Crippen LogP contribution in [0.2, 0.25) is 0 Å². The summed E-state index contributed by atoms with van der Waals surface area (Å²) in [5, 5.41) is 0. The Bertz CT molecular complexity index is 998. The zero-order valence-corrected chi connectivity index (χ0v) is 16.9. The van der Waals surface area contributed by atoms with Crippen molar-refractivity contribution in [3.8, 4) is 11.5 Å².